The molecule has 0 aliphatic heterocycles. The Morgan fingerprint density at radius 3 is 1.65 bits per heavy atom. The minimum absolute atomic E-state index is 0.237. The molecular weight excluding hydrogens is 398 g/mol. The molecule has 0 heterocycles. The number of methoxy groups -OCH3 is 1. The van der Waals surface area contributed by atoms with E-state index in [1.807, 2.05) is 25.9 Å². The number of hydrogen-bond donors (Lipinski definition) is 0. The van der Waals surface area contributed by atoms with Crippen molar-refractivity contribution < 1.29 is 28.6 Å². The molecule has 0 fully saturated rings. The number of nitrogens with zero attached hydrogens (tertiary/aromatic N) is 1. The summed E-state index contributed by atoms with van der Waals surface area (Å²) in [6, 6.07) is 0. The minimum atomic E-state index is -0.347. The first-order chi connectivity index (χ1) is 14.4. The van der Waals surface area contributed by atoms with Crippen molar-refractivity contribution in [2.24, 2.45) is 0 Å². The van der Waals surface area contributed by atoms with Gasteiger partial charge in [0, 0.05) is 23.3 Å². The van der Waals surface area contributed by atoms with Crippen LogP contribution >= 0.6 is 0 Å². The van der Waals surface area contributed by atoms with Crippen molar-refractivity contribution in [2.75, 3.05) is 41.0 Å². The molecule has 180 valence electrons. The molecule has 31 heavy (non-hydrogen) atoms. The highest BCUT2D eigenvalue weighted by atomic mass is 16.5. The van der Waals surface area contributed by atoms with Gasteiger partial charge in [0.15, 0.2) is 0 Å². The van der Waals surface area contributed by atoms with Crippen LogP contribution in [0.2, 0.25) is 0 Å². The van der Waals surface area contributed by atoms with Gasteiger partial charge >= 0.3 is 17.9 Å². The first kappa shape index (κ1) is 33.2. The largest absolute Gasteiger partial charge is 0.466 e. The van der Waals surface area contributed by atoms with E-state index in [0.717, 1.165) is 19.4 Å². The zero-order valence-corrected chi connectivity index (χ0v) is 20.7. The Labute approximate surface area is 189 Å². The number of carbonyl (C=O) groups is 3. The summed E-state index contributed by atoms with van der Waals surface area (Å²) in [5, 5.41) is 0. The monoisotopic (exact) mass is 441 g/mol. The highest BCUT2D eigenvalue weighted by Crippen LogP contribution is 2.03. The first-order valence-electron chi connectivity index (χ1n) is 10.5. The molecular formula is C24H43NO6. The Morgan fingerprint density at radius 2 is 1.29 bits per heavy atom. The molecule has 0 aromatic rings. The number of esters is 3. The van der Waals surface area contributed by atoms with Crippen LogP contribution in [0.25, 0.3) is 0 Å². The Bertz CT molecular complexity index is 566. The van der Waals surface area contributed by atoms with E-state index in [4.69, 9.17) is 9.47 Å². The molecule has 0 radical (unpaired) electrons. The lowest BCUT2D eigenvalue weighted by Gasteiger charge is -2.09. The quantitative estimate of drug-likeness (QED) is 0.191. The third-order valence-electron chi connectivity index (χ3n) is 3.60. The fourth-order valence-electron chi connectivity index (χ4n) is 1.56. The molecule has 0 saturated carbocycles. The lowest BCUT2D eigenvalue weighted by atomic mass is 10.2. The zero-order chi connectivity index (χ0) is 24.8. The van der Waals surface area contributed by atoms with E-state index in [9.17, 15) is 14.4 Å². The van der Waals surface area contributed by atoms with Crippen molar-refractivity contribution in [1.82, 2.24) is 4.90 Å². The van der Waals surface area contributed by atoms with Gasteiger partial charge in [-0.2, -0.15) is 0 Å². The van der Waals surface area contributed by atoms with Crippen molar-refractivity contribution in [3.63, 3.8) is 0 Å². The summed E-state index contributed by atoms with van der Waals surface area (Å²) < 4.78 is 14.1. The van der Waals surface area contributed by atoms with E-state index in [0.29, 0.717) is 36.4 Å². The summed E-state index contributed by atoms with van der Waals surface area (Å²) in [4.78, 5) is 34.0. The normalized spacial score (nSPS) is 9.29. The van der Waals surface area contributed by atoms with Gasteiger partial charge in [-0.15, -0.1) is 0 Å². The SMILES string of the molecule is C=C(C)C(=O)OC.C=C(C)C(=O)OCCN(C)C.C=C(CC)C(=O)OCCCCCC. The molecule has 0 aliphatic rings. The molecule has 0 saturated heterocycles. The lowest BCUT2D eigenvalue weighted by molar-refractivity contribution is -0.140. The van der Waals surface area contributed by atoms with Crippen molar-refractivity contribution in [3.05, 3.63) is 36.5 Å². The maximum absolute atomic E-state index is 11.1. The molecule has 7 heteroatoms. The van der Waals surface area contributed by atoms with Crippen molar-refractivity contribution in [3.8, 4) is 0 Å². The van der Waals surface area contributed by atoms with Gasteiger partial charge in [-0.3, -0.25) is 0 Å². The molecule has 0 bridgehead atoms. The Morgan fingerprint density at radius 1 is 0.774 bits per heavy atom. The maximum atomic E-state index is 11.1. The Kier molecular flexibility index (Phi) is 23.9. The van der Waals surface area contributed by atoms with Crippen molar-refractivity contribution >= 4 is 17.9 Å². The standard InChI is InChI=1S/C11H20O2.C8H15NO2.C5H8O2/c1-4-6-7-8-9-13-11(12)10(3)5-2;1-7(2)8(10)11-6-5-9(3)4;1-4(2)5(6)7-3/h3-9H2,1-2H3;1,5-6H2,2-4H3;1H2,2-3H3. The summed E-state index contributed by atoms with van der Waals surface area (Å²) in [5.41, 5.74) is 1.45. The fourth-order valence-corrected chi connectivity index (χ4v) is 1.56. The number of likely N-dealkylation sites (N-methyl/N-ethyl adjacent to an activating group) is 1. The van der Waals surface area contributed by atoms with Gasteiger partial charge in [0.05, 0.1) is 13.7 Å². The van der Waals surface area contributed by atoms with E-state index in [1.165, 1.54) is 20.0 Å². The predicted octanol–water partition coefficient (Wildman–Crippen LogP) is 4.48. The minimum Gasteiger partial charge on any atom is -0.466 e. The summed E-state index contributed by atoms with van der Waals surface area (Å²) in [6.07, 6.45) is 5.20. The molecule has 0 unspecified atom stereocenters. The number of rotatable bonds is 12. The maximum Gasteiger partial charge on any atom is 0.333 e. The van der Waals surface area contributed by atoms with E-state index in [2.05, 4.69) is 31.4 Å². The molecule has 0 atom stereocenters. The zero-order valence-electron chi connectivity index (χ0n) is 20.7. The second kappa shape index (κ2) is 22.3. The van der Waals surface area contributed by atoms with Crippen LogP contribution in [0.5, 0.6) is 0 Å². The molecule has 0 aromatic heterocycles. The number of carbonyl (C=O) groups excluding carboxylic acids is 3. The highest BCUT2D eigenvalue weighted by Gasteiger charge is 2.04. The average molecular weight is 442 g/mol. The average Bonchev–Trinajstić information content (AvgIpc) is 2.72. The lowest BCUT2D eigenvalue weighted by Crippen LogP contribution is -2.20. The molecule has 0 amide bonds. The van der Waals surface area contributed by atoms with Crippen LogP contribution < -0.4 is 0 Å². The number of unbranched alkanes of at least 4 members (excludes halogenated alkanes) is 3. The van der Waals surface area contributed by atoms with Crippen LogP contribution in [-0.2, 0) is 28.6 Å². The first-order valence-corrected chi connectivity index (χ1v) is 10.5. The third-order valence-corrected chi connectivity index (χ3v) is 3.60. The van der Waals surface area contributed by atoms with E-state index in [1.54, 1.807) is 13.8 Å². The van der Waals surface area contributed by atoms with Gasteiger partial charge in [0.2, 0.25) is 0 Å². The summed E-state index contributed by atoms with van der Waals surface area (Å²) >= 11 is 0. The van der Waals surface area contributed by atoms with E-state index in [-0.39, 0.29) is 17.9 Å². The highest BCUT2D eigenvalue weighted by molar-refractivity contribution is 5.87. The van der Waals surface area contributed by atoms with Crippen molar-refractivity contribution in [2.45, 2.75) is 59.8 Å². The molecule has 0 aromatic carbocycles. The van der Waals surface area contributed by atoms with Crippen LogP contribution in [0.1, 0.15) is 59.8 Å². The topological polar surface area (TPSA) is 82.1 Å². The third kappa shape index (κ3) is 25.6. The number of hydrogen-bond acceptors (Lipinski definition) is 7. The molecule has 0 N–H and O–H groups in total. The molecule has 0 rings (SSSR count). The van der Waals surface area contributed by atoms with Crippen LogP contribution in [0, 0.1) is 0 Å². The van der Waals surface area contributed by atoms with Crippen LogP contribution in [-0.4, -0.2) is 63.8 Å². The second-order valence-electron chi connectivity index (χ2n) is 7.15. The molecule has 7 nitrogen and oxygen atoms in total. The molecule has 0 aliphatic carbocycles. The van der Waals surface area contributed by atoms with Gasteiger partial charge in [-0.05, 0) is 40.8 Å². The summed E-state index contributed by atoms with van der Waals surface area (Å²) in [7, 11) is 5.18. The van der Waals surface area contributed by atoms with E-state index < -0.39 is 0 Å². The van der Waals surface area contributed by atoms with Gasteiger partial charge in [0.1, 0.15) is 6.61 Å². The Hall–Kier alpha value is -2.41. The summed E-state index contributed by atoms with van der Waals surface area (Å²) in [6.45, 7) is 19.4. The predicted molar refractivity (Wildman–Crippen MR) is 126 cm³/mol. The molecule has 0 spiro atoms. The van der Waals surface area contributed by atoms with Gasteiger partial charge < -0.3 is 19.1 Å². The summed E-state index contributed by atoms with van der Waals surface area (Å²) in [5.74, 6) is -0.897. The van der Waals surface area contributed by atoms with Crippen LogP contribution in [0.3, 0.4) is 0 Å². The van der Waals surface area contributed by atoms with Gasteiger partial charge in [-0.25, -0.2) is 14.4 Å². The smallest absolute Gasteiger partial charge is 0.333 e. The van der Waals surface area contributed by atoms with E-state index >= 15 is 0 Å². The number of ether oxygens (including phenoxy) is 3. The van der Waals surface area contributed by atoms with Gasteiger partial charge in [-0.1, -0.05) is 52.8 Å². The van der Waals surface area contributed by atoms with Crippen LogP contribution in [0.15, 0.2) is 36.5 Å². The Balaban J connectivity index is -0.000000397. The fraction of sp³-hybridized carbons (Fsp3) is 0.625. The van der Waals surface area contributed by atoms with Gasteiger partial charge in [0.25, 0.3) is 0 Å². The van der Waals surface area contributed by atoms with Crippen LogP contribution in [0.4, 0.5) is 0 Å². The second-order valence-corrected chi connectivity index (χ2v) is 7.15. The van der Waals surface area contributed by atoms with Crippen molar-refractivity contribution in [1.29, 1.82) is 0 Å².